The number of nitrogens with zero attached hydrogens (tertiary/aromatic N) is 1. The third kappa shape index (κ3) is 3.97. The quantitative estimate of drug-likeness (QED) is 0.638. The normalized spacial score (nSPS) is 11.9. The van der Waals surface area contributed by atoms with Crippen molar-refractivity contribution in [3.8, 4) is 17.2 Å². The number of hydrogen-bond acceptors (Lipinski definition) is 6. The van der Waals surface area contributed by atoms with Crippen LogP contribution >= 0.6 is 0 Å². The molecule has 8 heteroatoms. The van der Waals surface area contributed by atoms with E-state index >= 15 is 0 Å². The van der Waals surface area contributed by atoms with E-state index in [1.807, 2.05) is 6.07 Å². The van der Waals surface area contributed by atoms with E-state index in [4.69, 9.17) is 14.2 Å². The molecule has 0 aliphatic carbocycles. The lowest BCUT2D eigenvalue weighted by Gasteiger charge is -2.09. The van der Waals surface area contributed by atoms with E-state index in [1.165, 1.54) is 12.1 Å². The van der Waals surface area contributed by atoms with E-state index in [-0.39, 0.29) is 37.3 Å². The summed E-state index contributed by atoms with van der Waals surface area (Å²) >= 11 is 0. The van der Waals surface area contributed by atoms with Gasteiger partial charge in [-0.1, -0.05) is 12.1 Å². The number of hydrogen-bond donors (Lipinski definition) is 1. The van der Waals surface area contributed by atoms with Crippen LogP contribution in [0.3, 0.4) is 0 Å². The van der Waals surface area contributed by atoms with Gasteiger partial charge in [0.2, 0.25) is 6.79 Å². The van der Waals surface area contributed by atoms with Gasteiger partial charge in [-0.05, 0) is 36.2 Å². The number of carbonyl (C=O) groups is 1. The Kier molecular flexibility index (Phi) is 4.69. The smallest absolute Gasteiger partial charge is 0.311 e. The van der Waals surface area contributed by atoms with Crippen LogP contribution in [0.5, 0.6) is 17.2 Å². The molecule has 0 unspecified atom stereocenters. The number of ether oxygens (including phenoxy) is 3. The minimum absolute atomic E-state index is 0.0637. The van der Waals surface area contributed by atoms with E-state index in [0.29, 0.717) is 11.5 Å². The van der Waals surface area contributed by atoms with Gasteiger partial charge in [-0.3, -0.25) is 14.9 Å². The first kappa shape index (κ1) is 16.6. The van der Waals surface area contributed by atoms with Crippen LogP contribution in [-0.4, -0.2) is 24.2 Å². The van der Waals surface area contributed by atoms with Gasteiger partial charge < -0.3 is 19.5 Å². The zero-order valence-corrected chi connectivity index (χ0v) is 13.5. The van der Waals surface area contributed by atoms with Crippen molar-refractivity contribution < 1.29 is 23.9 Å². The van der Waals surface area contributed by atoms with Gasteiger partial charge >= 0.3 is 5.69 Å². The lowest BCUT2D eigenvalue weighted by molar-refractivity contribution is -0.385. The predicted octanol–water partition coefficient (Wildman–Crippen LogP) is 2.33. The van der Waals surface area contributed by atoms with Gasteiger partial charge in [-0.25, -0.2) is 0 Å². The molecule has 1 aliphatic rings. The summed E-state index contributed by atoms with van der Waals surface area (Å²) in [5.41, 5.74) is 1.42. The zero-order valence-electron chi connectivity index (χ0n) is 13.5. The average molecular weight is 344 g/mol. The summed E-state index contributed by atoms with van der Waals surface area (Å²) in [6, 6.07) is 9.95. The molecule has 2 aromatic carbocycles. The maximum atomic E-state index is 11.9. The Morgan fingerprint density at radius 3 is 2.84 bits per heavy atom. The summed E-state index contributed by atoms with van der Waals surface area (Å²) in [6.45, 7) is 1.91. The highest BCUT2D eigenvalue weighted by molar-refractivity contribution is 5.77. The fourth-order valence-electron chi connectivity index (χ4n) is 2.34. The Bertz CT molecular complexity index is 821. The number of carbonyl (C=O) groups excluding carboxylic acids is 1. The molecule has 1 amide bonds. The summed E-state index contributed by atoms with van der Waals surface area (Å²) < 4.78 is 15.8. The molecule has 1 heterocycles. The molecule has 130 valence electrons. The molecule has 0 radical (unpaired) electrons. The molecule has 1 N–H and O–H groups in total. The SMILES string of the molecule is Cc1ccc(OCC(=O)NCc2ccc3c(c2)OCO3)c([N+](=O)[O-])c1. The van der Waals surface area contributed by atoms with Gasteiger partial charge in [-0.2, -0.15) is 0 Å². The monoisotopic (exact) mass is 344 g/mol. The number of amides is 1. The Morgan fingerprint density at radius 2 is 2.04 bits per heavy atom. The Hall–Kier alpha value is -3.29. The van der Waals surface area contributed by atoms with Crippen molar-refractivity contribution in [2.45, 2.75) is 13.5 Å². The van der Waals surface area contributed by atoms with Crippen LogP contribution in [0.2, 0.25) is 0 Å². The van der Waals surface area contributed by atoms with Crippen LogP contribution in [0.15, 0.2) is 36.4 Å². The van der Waals surface area contributed by atoms with Crippen LogP contribution in [-0.2, 0) is 11.3 Å². The number of rotatable bonds is 6. The number of aryl methyl sites for hydroxylation is 1. The van der Waals surface area contributed by atoms with E-state index in [9.17, 15) is 14.9 Å². The third-order valence-corrected chi connectivity index (χ3v) is 3.60. The fraction of sp³-hybridized carbons (Fsp3) is 0.235. The van der Waals surface area contributed by atoms with Gasteiger partial charge in [0.1, 0.15) is 0 Å². The lowest BCUT2D eigenvalue weighted by atomic mass is 10.2. The van der Waals surface area contributed by atoms with Gasteiger partial charge in [0, 0.05) is 12.6 Å². The van der Waals surface area contributed by atoms with E-state index in [2.05, 4.69) is 5.32 Å². The molecule has 1 aliphatic heterocycles. The Morgan fingerprint density at radius 1 is 1.24 bits per heavy atom. The maximum absolute atomic E-state index is 11.9. The summed E-state index contributed by atoms with van der Waals surface area (Å²) in [7, 11) is 0. The highest BCUT2D eigenvalue weighted by Crippen LogP contribution is 2.32. The number of nitrogens with one attached hydrogen (secondary N) is 1. The first-order valence-electron chi connectivity index (χ1n) is 7.56. The largest absolute Gasteiger partial charge is 0.477 e. The first-order valence-corrected chi connectivity index (χ1v) is 7.56. The number of nitro benzene ring substituents is 1. The molecule has 0 fully saturated rings. The van der Waals surface area contributed by atoms with E-state index in [1.54, 1.807) is 25.1 Å². The van der Waals surface area contributed by atoms with Crippen molar-refractivity contribution in [3.63, 3.8) is 0 Å². The molecular formula is C17H16N2O6. The van der Waals surface area contributed by atoms with Crippen molar-refractivity contribution in [2.24, 2.45) is 0 Å². The van der Waals surface area contributed by atoms with E-state index < -0.39 is 4.92 Å². The topological polar surface area (TPSA) is 99.9 Å². The van der Waals surface area contributed by atoms with Crippen LogP contribution in [0.1, 0.15) is 11.1 Å². The zero-order chi connectivity index (χ0) is 17.8. The molecule has 0 spiro atoms. The highest BCUT2D eigenvalue weighted by Gasteiger charge is 2.17. The predicted molar refractivity (Wildman–Crippen MR) is 87.7 cm³/mol. The molecule has 0 aromatic heterocycles. The summed E-state index contributed by atoms with van der Waals surface area (Å²) in [4.78, 5) is 22.4. The Labute approximate surface area is 143 Å². The second-order valence-corrected chi connectivity index (χ2v) is 5.48. The fourth-order valence-corrected chi connectivity index (χ4v) is 2.34. The number of fused-ring (bicyclic) bond motifs is 1. The van der Waals surface area contributed by atoms with Crippen LogP contribution in [0, 0.1) is 17.0 Å². The molecule has 2 aromatic rings. The van der Waals surface area contributed by atoms with Gasteiger partial charge in [-0.15, -0.1) is 0 Å². The molecule has 0 atom stereocenters. The molecule has 0 saturated carbocycles. The van der Waals surface area contributed by atoms with Crippen molar-refractivity contribution in [1.82, 2.24) is 5.32 Å². The van der Waals surface area contributed by atoms with Crippen LogP contribution in [0.25, 0.3) is 0 Å². The maximum Gasteiger partial charge on any atom is 0.311 e. The van der Waals surface area contributed by atoms with Crippen molar-refractivity contribution >= 4 is 11.6 Å². The lowest BCUT2D eigenvalue weighted by Crippen LogP contribution is -2.28. The van der Waals surface area contributed by atoms with Gasteiger partial charge in [0.05, 0.1) is 4.92 Å². The molecule has 0 saturated heterocycles. The second kappa shape index (κ2) is 7.08. The second-order valence-electron chi connectivity index (χ2n) is 5.48. The summed E-state index contributed by atoms with van der Waals surface area (Å²) in [6.07, 6.45) is 0. The van der Waals surface area contributed by atoms with Crippen LogP contribution < -0.4 is 19.5 Å². The standard InChI is InChI=1S/C17H16N2O6/c1-11-2-4-14(13(6-11)19(21)22)23-9-17(20)18-8-12-3-5-15-16(7-12)25-10-24-15/h2-7H,8-10H2,1H3,(H,18,20). The number of benzene rings is 2. The van der Waals surface area contributed by atoms with Gasteiger partial charge in [0.15, 0.2) is 23.9 Å². The third-order valence-electron chi connectivity index (χ3n) is 3.60. The highest BCUT2D eigenvalue weighted by atomic mass is 16.7. The molecule has 3 rings (SSSR count). The molecule has 0 bridgehead atoms. The number of nitro groups is 1. The van der Waals surface area contributed by atoms with Crippen LogP contribution in [0.4, 0.5) is 5.69 Å². The van der Waals surface area contributed by atoms with Crippen molar-refractivity contribution in [1.29, 1.82) is 0 Å². The minimum Gasteiger partial charge on any atom is -0.477 e. The molecule has 25 heavy (non-hydrogen) atoms. The minimum atomic E-state index is -0.535. The molecule has 8 nitrogen and oxygen atoms in total. The van der Waals surface area contributed by atoms with E-state index in [0.717, 1.165) is 11.1 Å². The molecular weight excluding hydrogens is 328 g/mol. The Balaban J connectivity index is 1.54. The van der Waals surface area contributed by atoms with Crippen molar-refractivity contribution in [2.75, 3.05) is 13.4 Å². The average Bonchev–Trinajstić information content (AvgIpc) is 3.06. The van der Waals surface area contributed by atoms with Gasteiger partial charge in [0.25, 0.3) is 5.91 Å². The van der Waals surface area contributed by atoms with Crippen molar-refractivity contribution in [3.05, 3.63) is 57.6 Å². The summed E-state index contributed by atoms with van der Waals surface area (Å²) in [5.74, 6) is 0.990. The summed E-state index contributed by atoms with van der Waals surface area (Å²) in [5, 5.41) is 13.7. The first-order chi connectivity index (χ1) is 12.0.